The maximum Gasteiger partial charge on any atom is 0.134 e. The summed E-state index contributed by atoms with van der Waals surface area (Å²) < 4.78 is 47.1. The highest BCUT2D eigenvalue weighted by molar-refractivity contribution is 9.10. The van der Waals surface area contributed by atoms with Crippen molar-refractivity contribution in [3.63, 3.8) is 0 Å². The Morgan fingerprint density at radius 3 is 2.10 bits per heavy atom. The molecule has 0 radical (unpaired) electrons. The van der Waals surface area contributed by atoms with Gasteiger partial charge in [0, 0.05) is 27.7 Å². The van der Waals surface area contributed by atoms with E-state index in [1.165, 1.54) is 19.2 Å². The van der Waals surface area contributed by atoms with Gasteiger partial charge in [0.05, 0.1) is 11.9 Å². The monoisotopic (exact) mass is 408 g/mol. The summed E-state index contributed by atoms with van der Waals surface area (Å²) >= 11 is 6.27. The van der Waals surface area contributed by atoms with Gasteiger partial charge in [0.15, 0.2) is 0 Å². The molecule has 0 N–H and O–H groups in total. The molecule has 0 heterocycles. The third kappa shape index (κ3) is 3.01. The summed E-state index contributed by atoms with van der Waals surface area (Å²) in [6.45, 7) is 0. The van der Waals surface area contributed by atoms with Gasteiger partial charge in [-0.25, -0.2) is 13.2 Å². The molecule has 0 fully saturated rings. The molecule has 0 aliphatic carbocycles. The van der Waals surface area contributed by atoms with Gasteiger partial charge in [-0.3, -0.25) is 0 Å². The molecule has 1 nitrogen and oxygen atoms in total. The Morgan fingerprint density at radius 2 is 1.60 bits per heavy atom. The van der Waals surface area contributed by atoms with Gasteiger partial charge >= 0.3 is 0 Å². The minimum Gasteiger partial charge on any atom is -0.497 e. The zero-order valence-corrected chi connectivity index (χ0v) is 13.4. The third-order valence-corrected chi connectivity index (χ3v) is 4.22. The van der Waals surface area contributed by atoms with Crippen molar-refractivity contribution in [2.45, 2.75) is 4.83 Å². The molecule has 0 aliphatic rings. The second-order valence-electron chi connectivity index (χ2n) is 4.03. The molecule has 20 heavy (non-hydrogen) atoms. The van der Waals surface area contributed by atoms with Crippen LogP contribution in [0.15, 0.2) is 34.8 Å². The summed E-state index contributed by atoms with van der Waals surface area (Å²) in [4.78, 5) is -0.929. The predicted molar refractivity (Wildman–Crippen MR) is 77.8 cm³/mol. The van der Waals surface area contributed by atoms with E-state index >= 15 is 0 Å². The minimum atomic E-state index is -0.929. The van der Waals surface area contributed by atoms with Crippen molar-refractivity contribution in [3.05, 3.63) is 63.4 Å². The third-order valence-electron chi connectivity index (χ3n) is 2.78. The van der Waals surface area contributed by atoms with E-state index in [1.54, 1.807) is 6.07 Å². The van der Waals surface area contributed by atoms with E-state index in [9.17, 15) is 13.2 Å². The first-order chi connectivity index (χ1) is 9.43. The Balaban J connectivity index is 2.50. The van der Waals surface area contributed by atoms with Gasteiger partial charge in [-0.15, -0.1) is 0 Å². The van der Waals surface area contributed by atoms with Gasteiger partial charge in [-0.05, 0) is 12.1 Å². The van der Waals surface area contributed by atoms with Crippen LogP contribution in [0.1, 0.15) is 16.0 Å². The zero-order chi connectivity index (χ0) is 14.9. The van der Waals surface area contributed by atoms with Crippen molar-refractivity contribution in [2.24, 2.45) is 0 Å². The fourth-order valence-electron chi connectivity index (χ4n) is 1.78. The molecule has 0 saturated carbocycles. The van der Waals surface area contributed by atoms with Gasteiger partial charge in [-0.2, -0.15) is 0 Å². The van der Waals surface area contributed by atoms with Crippen LogP contribution in [-0.4, -0.2) is 7.11 Å². The smallest absolute Gasteiger partial charge is 0.134 e. The molecule has 0 saturated heterocycles. The van der Waals surface area contributed by atoms with Crippen LogP contribution in [0, 0.1) is 17.5 Å². The van der Waals surface area contributed by atoms with Gasteiger partial charge in [0.1, 0.15) is 23.2 Å². The van der Waals surface area contributed by atoms with E-state index in [4.69, 9.17) is 4.74 Å². The van der Waals surface area contributed by atoms with Crippen molar-refractivity contribution in [1.82, 2.24) is 0 Å². The maximum absolute atomic E-state index is 14.0. The molecular weight excluding hydrogens is 401 g/mol. The quantitative estimate of drug-likeness (QED) is 0.620. The fraction of sp³-hybridized carbons (Fsp3) is 0.143. The molecule has 1 atom stereocenters. The van der Waals surface area contributed by atoms with Crippen LogP contribution in [-0.2, 0) is 0 Å². The minimum absolute atomic E-state index is 0.0692. The molecule has 1 unspecified atom stereocenters. The van der Waals surface area contributed by atoms with Crippen molar-refractivity contribution >= 4 is 31.9 Å². The molecule has 0 aromatic heterocycles. The van der Waals surface area contributed by atoms with E-state index in [0.717, 1.165) is 12.1 Å². The van der Waals surface area contributed by atoms with Crippen molar-refractivity contribution in [2.75, 3.05) is 7.11 Å². The number of benzene rings is 2. The first-order valence-electron chi connectivity index (χ1n) is 5.56. The summed E-state index contributed by atoms with van der Waals surface area (Å²) in [5.41, 5.74) is -0.108. The van der Waals surface area contributed by atoms with Crippen LogP contribution in [0.2, 0.25) is 0 Å². The molecule has 2 rings (SSSR count). The van der Waals surface area contributed by atoms with Crippen molar-refractivity contribution < 1.29 is 17.9 Å². The first-order valence-corrected chi connectivity index (χ1v) is 7.27. The summed E-state index contributed by atoms with van der Waals surface area (Å²) in [5.74, 6) is -2.09. The highest BCUT2D eigenvalue weighted by atomic mass is 79.9. The molecule has 0 spiro atoms. The summed E-state index contributed by atoms with van der Waals surface area (Å²) in [5, 5.41) is 0. The lowest BCUT2D eigenvalue weighted by Gasteiger charge is -2.15. The second-order valence-corrected chi connectivity index (χ2v) is 5.86. The lowest BCUT2D eigenvalue weighted by molar-refractivity contribution is 0.405. The highest BCUT2D eigenvalue weighted by Crippen LogP contribution is 2.37. The van der Waals surface area contributed by atoms with Gasteiger partial charge < -0.3 is 4.74 Å². The molecule has 0 bridgehead atoms. The van der Waals surface area contributed by atoms with Crippen LogP contribution in [0.25, 0.3) is 0 Å². The highest BCUT2D eigenvalue weighted by Gasteiger charge is 2.23. The average molecular weight is 410 g/mol. The molecule has 2 aromatic carbocycles. The number of ether oxygens (including phenoxy) is 1. The normalized spacial score (nSPS) is 12.3. The standard InChI is InChI=1S/C14H9Br2F3O/c1-20-8-5-11(18)13(12(19)6-8)14(16)9-3-2-7(15)4-10(9)17/h2-6,14H,1H3. The molecule has 0 amide bonds. The van der Waals surface area contributed by atoms with Gasteiger partial charge in [0.2, 0.25) is 0 Å². The average Bonchev–Trinajstić information content (AvgIpc) is 2.37. The molecule has 0 aliphatic heterocycles. The molecule has 6 heteroatoms. The Labute approximate surface area is 131 Å². The van der Waals surface area contributed by atoms with Crippen LogP contribution < -0.4 is 4.74 Å². The second kappa shape index (κ2) is 6.18. The molecular formula is C14H9Br2F3O. The summed E-state index contributed by atoms with van der Waals surface area (Å²) in [6, 6.07) is 6.42. The number of methoxy groups -OCH3 is 1. The lowest BCUT2D eigenvalue weighted by atomic mass is 10.0. The van der Waals surface area contributed by atoms with Crippen LogP contribution in [0.3, 0.4) is 0 Å². The Kier molecular flexibility index (Phi) is 4.75. The SMILES string of the molecule is COc1cc(F)c(C(Br)c2ccc(Br)cc2F)c(F)c1. The topological polar surface area (TPSA) is 9.23 Å². The van der Waals surface area contributed by atoms with Gasteiger partial charge in [0.25, 0.3) is 0 Å². The largest absolute Gasteiger partial charge is 0.497 e. The fourth-order valence-corrected chi connectivity index (χ4v) is 2.93. The Morgan fingerprint density at radius 1 is 1.00 bits per heavy atom. The van der Waals surface area contributed by atoms with Crippen LogP contribution >= 0.6 is 31.9 Å². The Bertz CT molecular complexity index is 623. The van der Waals surface area contributed by atoms with Crippen LogP contribution in [0.4, 0.5) is 13.2 Å². The van der Waals surface area contributed by atoms with Crippen molar-refractivity contribution in [3.8, 4) is 5.75 Å². The summed E-state index contributed by atoms with van der Waals surface area (Å²) in [7, 11) is 1.31. The first kappa shape index (κ1) is 15.4. The molecule has 2 aromatic rings. The Hall–Kier alpha value is -1.01. The van der Waals surface area contributed by atoms with E-state index in [0.29, 0.717) is 4.47 Å². The molecule has 106 valence electrons. The lowest BCUT2D eigenvalue weighted by Crippen LogP contribution is -2.03. The zero-order valence-electron chi connectivity index (χ0n) is 10.3. The van der Waals surface area contributed by atoms with Crippen LogP contribution in [0.5, 0.6) is 5.75 Å². The van der Waals surface area contributed by atoms with Gasteiger partial charge in [-0.1, -0.05) is 37.9 Å². The number of hydrogen-bond acceptors (Lipinski definition) is 1. The van der Waals surface area contributed by atoms with E-state index in [2.05, 4.69) is 31.9 Å². The van der Waals surface area contributed by atoms with E-state index < -0.39 is 22.3 Å². The number of hydrogen-bond donors (Lipinski definition) is 0. The van der Waals surface area contributed by atoms with E-state index in [1.807, 2.05) is 0 Å². The van der Waals surface area contributed by atoms with E-state index in [-0.39, 0.29) is 16.9 Å². The predicted octanol–water partition coefficient (Wildman–Crippen LogP) is 5.36. The maximum atomic E-state index is 14.0. The number of rotatable bonds is 3. The van der Waals surface area contributed by atoms with Crippen molar-refractivity contribution in [1.29, 1.82) is 0 Å². The number of halogens is 5. The number of alkyl halides is 1. The summed E-state index contributed by atoms with van der Waals surface area (Å²) in [6.07, 6.45) is 0.